The van der Waals surface area contributed by atoms with Crippen molar-refractivity contribution >= 4 is 0 Å². The molecule has 2 rings (SSSR count). The van der Waals surface area contributed by atoms with Gasteiger partial charge in [-0.2, -0.15) is 0 Å². The smallest absolute Gasteiger partial charge is 0.0815 e. The van der Waals surface area contributed by atoms with Crippen molar-refractivity contribution in [1.82, 2.24) is 5.32 Å². The predicted molar refractivity (Wildman–Crippen MR) is 72.6 cm³/mol. The van der Waals surface area contributed by atoms with Crippen molar-refractivity contribution in [3.8, 4) is 0 Å². The van der Waals surface area contributed by atoms with Gasteiger partial charge in [0, 0.05) is 38.6 Å². The van der Waals surface area contributed by atoms with Crippen LogP contribution in [0.4, 0.5) is 0 Å². The van der Waals surface area contributed by atoms with Gasteiger partial charge in [-0.25, -0.2) is 0 Å². The number of hydrogen-bond acceptors (Lipinski definition) is 3. The van der Waals surface area contributed by atoms with Gasteiger partial charge in [0.25, 0.3) is 0 Å². The Labute approximate surface area is 109 Å². The molecule has 3 heteroatoms. The second-order valence-electron chi connectivity index (χ2n) is 5.31. The topological polar surface area (TPSA) is 41.5 Å². The first kappa shape index (κ1) is 13.5. The van der Waals surface area contributed by atoms with Crippen LogP contribution in [0.15, 0.2) is 30.3 Å². The van der Waals surface area contributed by atoms with Gasteiger partial charge in [-0.15, -0.1) is 0 Å². The highest BCUT2D eigenvalue weighted by atomic mass is 16.5. The van der Waals surface area contributed by atoms with Gasteiger partial charge in [-0.05, 0) is 18.9 Å². The highest BCUT2D eigenvalue weighted by Crippen LogP contribution is 2.19. The summed E-state index contributed by atoms with van der Waals surface area (Å²) in [6, 6.07) is 10.8. The Bertz CT molecular complexity index is 347. The normalized spacial score (nSPS) is 20.6. The van der Waals surface area contributed by atoms with Crippen LogP contribution in [-0.4, -0.2) is 36.5 Å². The lowest BCUT2D eigenvalue weighted by atomic mass is 9.94. The van der Waals surface area contributed by atoms with Gasteiger partial charge in [-0.1, -0.05) is 30.3 Å². The van der Waals surface area contributed by atoms with Crippen LogP contribution in [0.5, 0.6) is 0 Å². The first-order valence-electron chi connectivity index (χ1n) is 6.75. The minimum atomic E-state index is -0.580. The third-order valence-electron chi connectivity index (χ3n) is 3.59. The van der Waals surface area contributed by atoms with Crippen LogP contribution in [-0.2, 0) is 11.2 Å². The van der Waals surface area contributed by atoms with Gasteiger partial charge >= 0.3 is 0 Å². The first-order valence-corrected chi connectivity index (χ1v) is 6.75. The molecule has 0 bridgehead atoms. The molecule has 0 aliphatic carbocycles. The van der Waals surface area contributed by atoms with Crippen LogP contribution >= 0.6 is 0 Å². The number of hydrogen-bond donors (Lipinski definition) is 2. The van der Waals surface area contributed by atoms with Crippen molar-refractivity contribution in [1.29, 1.82) is 0 Å². The number of rotatable bonds is 5. The fourth-order valence-electron chi connectivity index (χ4n) is 2.33. The average molecular weight is 249 g/mol. The van der Waals surface area contributed by atoms with E-state index in [2.05, 4.69) is 36.5 Å². The molecule has 1 saturated heterocycles. The molecule has 0 radical (unpaired) electrons. The van der Waals surface area contributed by atoms with E-state index in [9.17, 15) is 5.11 Å². The van der Waals surface area contributed by atoms with Gasteiger partial charge in [0.2, 0.25) is 0 Å². The number of nitrogens with one attached hydrogen (secondary N) is 1. The molecular formula is C15H23NO2. The maximum absolute atomic E-state index is 10.3. The van der Waals surface area contributed by atoms with E-state index in [1.54, 1.807) is 0 Å². The summed E-state index contributed by atoms with van der Waals surface area (Å²) in [6.45, 7) is 4.16. The zero-order chi connectivity index (χ0) is 12.8. The second-order valence-corrected chi connectivity index (χ2v) is 5.31. The zero-order valence-corrected chi connectivity index (χ0v) is 11.1. The summed E-state index contributed by atoms with van der Waals surface area (Å²) in [5.41, 5.74) is 0.750. The number of aliphatic hydroxyl groups is 1. The van der Waals surface area contributed by atoms with Gasteiger partial charge < -0.3 is 15.2 Å². The SMILES string of the molecule is CC(Cc1ccccc1)NCC1(O)CCOCC1. The van der Waals surface area contributed by atoms with Crippen molar-refractivity contribution in [2.24, 2.45) is 0 Å². The second kappa shape index (κ2) is 6.32. The summed E-state index contributed by atoms with van der Waals surface area (Å²) in [6.07, 6.45) is 2.46. The third kappa shape index (κ3) is 4.09. The molecule has 1 heterocycles. The van der Waals surface area contributed by atoms with E-state index >= 15 is 0 Å². The van der Waals surface area contributed by atoms with Crippen molar-refractivity contribution in [3.63, 3.8) is 0 Å². The molecule has 1 aliphatic rings. The molecule has 0 saturated carbocycles. The molecule has 18 heavy (non-hydrogen) atoms. The Morgan fingerprint density at radius 2 is 1.94 bits per heavy atom. The molecule has 0 spiro atoms. The lowest BCUT2D eigenvalue weighted by Gasteiger charge is -2.33. The van der Waals surface area contributed by atoms with E-state index in [1.165, 1.54) is 5.56 Å². The van der Waals surface area contributed by atoms with Crippen LogP contribution in [0.3, 0.4) is 0 Å². The molecule has 3 nitrogen and oxygen atoms in total. The van der Waals surface area contributed by atoms with Gasteiger partial charge in [-0.3, -0.25) is 0 Å². The maximum Gasteiger partial charge on any atom is 0.0815 e. The van der Waals surface area contributed by atoms with E-state index in [4.69, 9.17) is 4.74 Å². The molecule has 0 amide bonds. The summed E-state index contributed by atoms with van der Waals surface area (Å²) < 4.78 is 5.28. The molecule has 1 aromatic carbocycles. The number of benzene rings is 1. The standard InChI is InChI=1S/C15H23NO2/c1-13(11-14-5-3-2-4-6-14)16-12-15(17)7-9-18-10-8-15/h2-6,13,16-17H,7-12H2,1H3. The zero-order valence-electron chi connectivity index (χ0n) is 11.1. The van der Waals surface area contributed by atoms with E-state index in [-0.39, 0.29) is 0 Å². The Hall–Kier alpha value is -0.900. The van der Waals surface area contributed by atoms with Crippen molar-refractivity contribution in [3.05, 3.63) is 35.9 Å². The molecule has 2 N–H and O–H groups in total. The Morgan fingerprint density at radius 3 is 2.61 bits per heavy atom. The molecule has 0 aromatic heterocycles. The van der Waals surface area contributed by atoms with E-state index in [0.29, 0.717) is 25.8 Å². The molecular weight excluding hydrogens is 226 g/mol. The first-order chi connectivity index (χ1) is 8.68. The van der Waals surface area contributed by atoms with Crippen molar-refractivity contribution in [2.75, 3.05) is 19.8 Å². The van der Waals surface area contributed by atoms with Gasteiger partial charge in [0.15, 0.2) is 0 Å². The quantitative estimate of drug-likeness (QED) is 0.835. The van der Waals surface area contributed by atoms with Gasteiger partial charge in [0.05, 0.1) is 5.60 Å². The van der Waals surface area contributed by atoms with Crippen LogP contribution in [0.2, 0.25) is 0 Å². The molecule has 1 aromatic rings. The fourth-order valence-corrected chi connectivity index (χ4v) is 2.33. The summed E-state index contributed by atoms with van der Waals surface area (Å²) in [5.74, 6) is 0. The van der Waals surface area contributed by atoms with Crippen LogP contribution in [0.1, 0.15) is 25.3 Å². The lowest BCUT2D eigenvalue weighted by Crippen LogP contribution is -2.47. The Morgan fingerprint density at radius 1 is 1.28 bits per heavy atom. The minimum absolute atomic E-state index is 0.374. The molecule has 1 fully saturated rings. The Kier molecular flexibility index (Phi) is 4.75. The van der Waals surface area contributed by atoms with E-state index < -0.39 is 5.60 Å². The largest absolute Gasteiger partial charge is 0.388 e. The van der Waals surface area contributed by atoms with E-state index in [0.717, 1.165) is 19.3 Å². The van der Waals surface area contributed by atoms with Crippen LogP contribution in [0, 0.1) is 0 Å². The maximum atomic E-state index is 10.3. The lowest BCUT2D eigenvalue weighted by molar-refractivity contribution is -0.0625. The number of ether oxygens (including phenoxy) is 1. The van der Waals surface area contributed by atoms with Crippen molar-refractivity contribution in [2.45, 2.75) is 37.8 Å². The highest BCUT2D eigenvalue weighted by Gasteiger charge is 2.29. The van der Waals surface area contributed by atoms with Crippen LogP contribution < -0.4 is 5.32 Å². The predicted octanol–water partition coefficient (Wildman–Crippen LogP) is 1.75. The Balaban J connectivity index is 1.76. The van der Waals surface area contributed by atoms with Crippen LogP contribution in [0.25, 0.3) is 0 Å². The summed E-state index contributed by atoms with van der Waals surface area (Å²) in [5, 5.41) is 13.8. The third-order valence-corrected chi connectivity index (χ3v) is 3.59. The molecule has 1 unspecified atom stereocenters. The summed E-state index contributed by atoms with van der Waals surface area (Å²) >= 11 is 0. The van der Waals surface area contributed by atoms with Crippen molar-refractivity contribution < 1.29 is 9.84 Å². The molecule has 100 valence electrons. The minimum Gasteiger partial charge on any atom is -0.388 e. The fraction of sp³-hybridized carbons (Fsp3) is 0.600. The summed E-state index contributed by atoms with van der Waals surface area (Å²) in [7, 11) is 0. The summed E-state index contributed by atoms with van der Waals surface area (Å²) in [4.78, 5) is 0. The van der Waals surface area contributed by atoms with Gasteiger partial charge in [0.1, 0.15) is 0 Å². The monoisotopic (exact) mass is 249 g/mol. The average Bonchev–Trinajstić information content (AvgIpc) is 2.39. The highest BCUT2D eigenvalue weighted by molar-refractivity contribution is 5.15. The molecule has 1 aliphatic heterocycles. The molecule has 1 atom stereocenters. The van der Waals surface area contributed by atoms with E-state index in [1.807, 2.05) is 6.07 Å².